The Kier molecular flexibility index (Phi) is 9.39. The molecule has 0 aromatic carbocycles. The Hall–Kier alpha value is -2.51. The first-order valence-electron chi connectivity index (χ1n) is 9.34. The van der Waals surface area contributed by atoms with Crippen LogP contribution < -0.4 is 10.6 Å². The number of amides is 2. The van der Waals surface area contributed by atoms with E-state index in [0.29, 0.717) is 12.8 Å². The zero-order valence-electron chi connectivity index (χ0n) is 16.7. The lowest BCUT2D eigenvalue weighted by atomic mass is 9.96. The van der Waals surface area contributed by atoms with E-state index in [0.717, 1.165) is 6.42 Å². The van der Waals surface area contributed by atoms with E-state index in [2.05, 4.69) is 20.6 Å². The normalized spacial score (nSPS) is 12.1. The van der Waals surface area contributed by atoms with Crippen molar-refractivity contribution in [2.45, 2.75) is 66.0 Å². The third kappa shape index (κ3) is 7.72. The summed E-state index contributed by atoms with van der Waals surface area (Å²) in [6.07, 6.45) is 5.10. The summed E-state index contributed by atoms with van der Waals surface area (Å²) < 4.78 is 5.48. The monoisotopic (exact) mass is 378 g/mol. The molecule has 0 spiro atoms. The molecule has 0 aliphatic heterocycles. The van der Waals surface area contributed by atoms with Crippen LogP contribution in [0.1, 0.15) is 53.9 Å². The van der Waals surface area contributed by atoms with Crippen LogP contribution in [0.5, 0.6) is 0 Å². The Bertz CT molecular complexity index is 611. The summed E-state index contributed by atoms with van der Waals surface area (Å²) in [4.78, 5) is 44.7. The lowest BCUT2D eigenvalue weighted by Gasteiger charge is -2.26. The van der Waals surface area contributed by atoms with Crippen molar-refractivity contribution in [1.82, 2.24) is 15.3 Å². The molecule has 0 unspecified atom stereocenters. The average molecular weight is 378 g/mol. The number of alkyl carbamates (subject to hydrolysis) is 1. The molecular formula is C19H30N4O4. The first-order chi connectivity index (χ1) is 12.8. The molecule has 0 saturated heterocycles. The van der Waals surface area contributed by atoms with E-state index in [1.54, 1.807) is 0 Å². The topological polar surface area (TPSA) is 110 Å². The van der Waals surface area contributed by atoms with Crippen LogP contribution in [0, 0.1) is 11.8 Å². The SMILES string of the molecule is CCCC[C@H](NC(=O)OC(C(C)C)C(C)C)C(=O)C(=O)Nc1cnccn1. The predicted molar refractivity (Wildman–Crippen MR) is 102 cm³/mol. The summed E-state index contributed by atoms with van der Waals surface area (Å²) in [6, 6.07) is -0.950. The number of anilines is 1. The quantitative estimate of drug-likeness (QED) is 0.606. The maximum absolute atomic E-state index is 12.5. The van der Waals surface area contributed by atoms with Gasteiger partial charge in [0, 0.05) is 12.4 Å². The first kappa shape index (κ1) is 22.5. The molecule has 0 bridgehead atoms. The number of aromatic nitrogens is 2. The van der Waals surface area contributed by atoms with E-state index in [4.69, 9.17) is 4.74 Å². The number of carbonyl (C=O) groups is 3. The number of hydrogen-bond acceptors (Lipinski definition) is 6. The van der Waals surface area contributed by atoms with Crippen LogP contribution in [0.15, 0.2) is 18.6 Å². The van der Waals surface area contributed by atoms with Crippen LogP contribution in [0.4, 0.5) is 10.6 Å². The average Bonchev–Trinajstić information content (AvgIpc) is 2.62. The molecule has 2 N–H and O–H groups in total. The van der Waals surface area contributed by atoms with Gasteiger partial charge in [-0.25, -0.2) is 9.78 Å². The van der Waals surface area contributed by atoms with Gasteiger partial charge in [0.2, 0.25) is 5.78 Å². The molecule has 150 valence electrons. The van der Waals surface area contributed by atoms with Crippen LogP contribution in [-0.4, -0.2) is 39.9 Å². The molecule has 1 heterocycles. The van der Waals surface area contributed by atoms with Crippen molar-refractivity contribution in [1.29, 1.82) is 0 Å². The van der Waals surface area contributed by atoms with Crippen molar-refractivity contribution >= 4 is 23.6 Å². The van der Waals surface area contributed by atoms with Gasteiger partial charge in [-0.1, -0.05) is 47.5 Å². The van der Waals surface area contributed by atoms with E-state index in [9.17, 15) is 14.4 Å². The number of ketones is 1. The Morgan fingerprint density at radius 1 is 1.11 bits per heavy atom. The fraction of sp³-hybridized carbons (Fsp3) is 0.632. The van der Waals surface area contributed by atoms with Gasteiger partial charge in [0.1, 0.15) is 12.1 Å². The second kappa shape index (κ2) is 11.3. The van der Waals surface area contributed by atoms with Crippen molar-refractivity contribution in [3.63, 3.8) is 0 Å². The van der Waals surface area contributed by atoms with E-state index in [1.165, 1.54) is 18.6 Å². The summed E-state index contributed by atoms with van der Waals surface area (Å²) in [6.45, 7) is 9.82. The zero-order chi connectivity index (χ0) is 20.4. The minimum Gasteiger partial charge on any atom is -0.446 e. The predicted octanol–water partition coefficient (Wildman–Crippen LogP) is 2.95. The molecule has 0 saturated carbocycles. The molecule has 2 amide bonds. The lowest BCUT2D eigenvalue weighted by molar-refractivity contribution is -0.136. The molecule has 1 atom stereocenters. The highest BCUT2D eigenvalue weighted by atomic mass is 16.6. The zero-order valence-corrected chi connectivity index (χ0v) is 16.7. The van der Waals surface area contributed by atoms with Crippen LogP contribution in [0.2, 0.25) is 0 Å². The van der Waals surface area contributed by atoms with Gasteiger partial charge in [0.05, 0.1) is 6.20 Å². The minimum atomic E-state index is -0.950. The minimum absolute atomic E-state index is 0.139. The number of ether oxygens (including phenoxy) is 1. The lowest BCUT2D eigenvalue weighted by Crippen LogP contribution is -2.47. The maximum Gasteiger partial charge on any atom is 0.408 e. The third-order valence-electron chi connectivity index (χ3n) is 4.04. The Labute approximate surface area is 160 Å². The van der Waals surface area contributed by atoms with Gasteiger partial charge in [0.25, 0.3) is 5.91 Å². The summed E-state index contributed by atoms with van der Waals surface area (Å²) in [7, 11) is 0. The highest BCUT2D eigenvalue weighted by Crippen LogP contribution is 2.16. The first-order valence-corrected chi connectivity index (χ1v) is 9.34. The molecular weight excluding hydrogens is 348 g/mol. The summed E-state index contributed by atoms with van der Waals surface area (Å²) >= 11 is 0. The van der Waals surface area contributed by atoms with Crippen LogP contribution in [0.3, 0.4) is 0 Å². The van der Waals surface area contributed by atoms with Gasteiger partial charge in [-0.05, 0) is 18.3 Å². The van der Waals surface area contributed by atoms with Crippen molar-refractivity contribution in [3.05, 3.63) is 18.6 Å². The van der Waals surface area contributed by atoms with Gasteiger partial charge < -0.3 is 15.4 Å². The van der Waals surface area contributed by atoms with E-state index < -0.39 is 23.8 Å². The maximum atomic E-state index is 12.5. The number of hydrogen-bond donors (Lipinski definition) is 2. The fourth-order valence-electron chi connectivity index (χ4n) is 2.72. The fourth-order valence-corrected chi connectivity index (χ4v) is 2.72. The Morgan fingerprint density at radius 2 is 1.78 bits per heavy atom. The molecule has 27 heavy (non-hydrogen) atoms. The molecule has 0 aliphatic carbocycles. The Balaban J connectivity index is 2.76. The number of Topliss-reactive ketones (excluding diaryl/α,β-unsaturated/α-hetero) is 1. The third-order valence-corrected chi connectivity index (χ3v) is 4.04. The van der Waals surface area contributed by atoms with Crippen LogP contribution >= 0.6 is 0 Å². The van der Waals surface area contributed by atoms with Crippen molar-refractivity contribution < 1.29 is 19.1 Å². The van der Waals surface area contributed by atoms with Gasteiger partial charge >= 0.3 is 6.09 Å². The van der Waals surface area contributed by atoms with Crippen molar-refractivity contribution in [2.75, 3.05) is 5.32 Å². The number of nitrogens with zero attached hydrogens (tertiary/aromatic N) is 2. The summed E-state index contributed by atoms with van der Waals surface area (Å²) in [5.74, 6) is -1.13. The summed E-state index contributed by atoms with van der Waals surface area (Å²) in [5.41, 5.74) is 0. The molecule has 8 heteroatoms. The smallest absolute Gasteiger partial charge is 0.408 e. The molecule has 8 nitrogen and oxygen atoms in total. The number of nitrogens with one attached hydrogen (secondary N) is 2. The van der Waals surface area contributed by atoms with Gasteiger partial charge in [-0.3, -0.25) is 14.6 Å². The number of rotatable bonds is 10. The van der Waals surface area contributed by atoms with Crippen molar-refractivity contribution in [2.24, 2.45) is 11.8 Å². The van der Waals surface area contributed by atoms with E-state index >= 15 is 0 Å². The second-order valence-electron chi connectivity index (χ2n) is 7.11. The second-order valence-corrected chi connectivity index (χ2v) is 7.11. The van der Waals surface area contributed by atoms with Crippen LogP contribution in [-0.2, 0) is 14.3 Å². The summed E-state index contributed by atoms with van der Waals surface area (Å²) in [5, 5.41) is 4.95. The van der Waals surface area contributed by atoms with Crippen molar-refractivity contribution in [3.8, 4) is 0 Å². The van der Waals surface area contributed by atoms with Gasteiger partial charge in [0.15, 0.2) is 5.82 Å². The van der Waals surface area contributed by atoms with Gasteiger partial charge in [-0.15, -0.1) is 0 Å². The Morgan fingerprint density at radius 3 is 2.30 bits per heavy atom. The van der Waals surface area contributed by atoms with Gasteiger partial charge in [-0.2, -0.15) is 0 Å². The molecule has 0 aliphatic rings. The molecule has 1 rings (SSSR count). The molecule has 1 aromatic heterocycles. The highest BCUT2D eigenvalue weighted by molar-refractivity contribution is 6.42. The molecule has 0 fully saturated rings. The number of unbranched alkanes of at least 4 members (excludes halogenated alkanes) is 1. The van der Waals surface area contributed by atoms with E-state index in [-0.39, 0.29) is 23.8 Å². The standard InChI is InChI=1S/C19H30N4O4/c1-6-7-8-14(22-19(26)27-17(12(2)3)13(4)5)16(24)18(25)23-15-11-20-9-10-21-15/h9-14,17H,6-8H2,1-5H3,(H,22,26)(H,21,23,25)/t14-/m0/s1. The number of carbonyl (C=O) groups excluding carboxylic acids is 3. The largest absolute Gasteiger partial charge is 0.446 e. The van der Waals surface area contributed by atoms with Crippen LogP contribution in [0.25, 0.3) is 0 Å². The molecule has 1 aromatic rings. The van der Waals surface area contributed by atoms with E-state index in [1.807, 2.05) is 34.6 Å². The molecule has 0 radical (unpaired) electrons. The highest BCUT2D eigenvalue weighted by Gasteiger charge is 2.29.